The average Bonchev–Trinajstić information content (AvgIpc) is 3.77. The van der Waals surface area contributed by atoms with Crippen molar-refractivity contribution < 1.29 is 38.1 Å². The van der Waals surface area contributed by atoms with E-state index in [9.17, 15) is 19.2 Å². The van der Waals surface area contributed by atoms with E-state index in [-0.39, 0.29) is 37.9 Å². The molecule has 15 heteroatoms. The van der Waals surface area contributed by atoms with E-state index in [1.54, 1.807) is 65.3 Å². The summed E-state index contributed by atoms with van der Waals surface area (Å²) in [4.78, 5) is 58.2. The molecular formula is C35H45N7O8. The maximum Gasteiger partial charge on any atom is 0.249 e. The molecule has 4 amide bonds. The van der Waals surface area contributed by atoms with Gasteiger partial charge in [0.2, 0.25) is 23.6 Å². The van der Waals surface area contributed by atoms with Crippen LogP contribution in [0.25, 0.3) is 0 Å². The number of carbonyl (C=O) groups excluding carboxylic acids is 4. The number of fused-ring (bicyclic) bond motifs is 14. The Morgan fingerprint density at radius 1 is 1.06 bits per heavy atom. The van der Waals surface area contributed by atoms with E-state index in [2.05, 4.69) is 26.4 Å². The largest absolute Gasteiger partial charge is 0.493 e. The molecule has 0 saturated carbocycles. The first-order valence-electron chi connectivity index (χ1n) is 16.6. The third kappa shape index (κ3) is 9.08. The zero-order valence-corrected chi connectivity index (χ0v) is 29.0. The lowest BCUT2D eigenvalue weighted by Crippen LogP contribution is -2.60. The molecule has 3 atom stereocenters. The molecule has 1 fully saturated rings. The van der Waals surface area contributed by atoms with Gasteiger partial charge in [0, 0.05) is 19.4 Å². The van der Waals surface area contributed by atoms with Crippen molar-refractivity contribution in [2.75, 3.05) is 34.0 Å². The number of aromatic nitrogens is 3. The SMILES string of the molecule is COc1ccc(Cc2nc3n(n2)CC(=O)NCCOc2ccc(cc2)C[C@H](NC(=O)[C@H]2CCCO2)C(=O)NC(C)(C)C(=O)N[C@@H]3C)cc1OC. The molecule has 4 heterocycles. The molecule has 0 spiro atoms. The van der Waals surface area contributed by atoms with Crippen LogP contribution < -0.4 is 35.5 Å². The Labute approximate surface area is 290 Å². The Morgan fingerprint density at radius 3 is 2.52 bits per heavy atom. The van der Waals surface area contributed by atoms with Gasteiger partial charge in [-0.2, -0.15) is 5.10 Å². The minimum absolute atomic E-state index is 0.157. The lowest BCUT2D eigenvalue weighted by molar-refractivity contribution is -0.137. The van der Waals surface area contributed by atoms with Gasteiger partial charge in [0.05, 0.1) is 26.8 Å². The minimum Gasteiger partial charge on any atom is -0.493 e. The van der Waals surface area contributed by atoms with E-state index in [1.165, 1.54) is 4.68 Å². The molecule has 4 N–H and O–H groups in total. The van der Waals surface area contributed by atoms with Crippen LogP contribution in [0.2, 0.25) is 0 Å². The lowest BCUT2D eigenvalue weighted by atomic mass is 10.00. The molecule has 2 bridgehead atoms. The Hall–Kier alpha value is -5.18. The van der Waals surface area contributed by atoms with Crippen LogP contribution in [0.15, 0.2) is 42.5 Å². The van der Waals surface area contributed by atoms with Crippen molar-refractivity contribution in [1.29, 1.82) is 0 Å². The Morgan fingerprint density at radius 2 is 1.82 bits per heavy atom. The zero-order valence-electron chi connectivity index (χ0n) is 29.0. The molecule has 50 heavy (non-hydrogen) atoms. The second-order valence-corrected chi connectivity index (χ2v) is 12.8. The maximum atomic E-state index is 13.7. The lowest BCUT2D eigenvalue weighted by Gasteiger charge is -2.30. The summed E-state index contributed by atoms with van der Waals surface area (Å²) >= 11 is 0. The third-order valence-corrected chi connectivity index (χ3v) is 8.50. The number of nitrogens with one attached hydrogen (secondary N) is 4. The predicted molar refractivity (Wildman–Crippen MR) is 181 cm³/mol. The average molecular weight is 692 g/mol. The van der Waals surface area contributed by atoms with Gasteiger partial charge in [-0.15, -0.1) is 0 Å². The molecular weight excluding hydrogens is 646 g/mol. The molecule has 1 aromatic heterocycles. The van der Waals surface area contributed by atoms with Crippen LogP contribution in [0.1, 0.15) is 62.4 Å². The zero-order chi connectivity index (χ0) is 35.8. The highest BCUT2D eigenvalue weighted by Gasteiger charge is 2.36. The number of ether oxygens (including phenoxy) is 4. The Bertz CT molecular complexity index is 1680. The molecule has 3 aliphatic heterocycles. The summed E-state index contributed by atoms with van der Waals surface area (Å²) in [7, 11) is 3.11. The fourth-order valence-corrected chi connectivity index (χ4v) is 5.75. The molecule has 268 valence electrons. The van der Waals surface area contributed by atoms with Gasteiger partial charge in [0.15, 0.2) is 17.3 Å². The van der Waals surface area contributed by atoms with Crippen LogP contribution in [0.4, 0.5) is 0 Å². The van der Waals surface area contributed by atoms with Crippen LogP contribution in [-0.4, -0.2) is 90.1 Å². The number of benzene rings is 2. The van der Waals surface area contributed by atoms with Gasteiger partial charge in [0.25, 0.3) is 0 Å². The fourth-order valence-electron chi connectivity index (χ4n) is 5.75. The van der Waals surface area contributed by atoms with Crippen LogP contribution in [0, 0.1) is 0 Å². The molecule has 15 nitrogen and oxygen atoms in total. The van der Waals surface area contributed by atoms with Crippen LogP contribution in [0.3, 0.4) is 0 Å². The molecule has 0 aliphatic carbocycles. The van der Waals surface area contributed by atoms with Gasteiger partial charge < -0.3 is 40.2 Å². The fraction of sp³-hybridized carbons (Fsp3) is 0.486. The van der Waals surface area contributed by atoms with Gasteiger partial charge in [-0.3, -0.25) is 19.2 Å². The smallest absolute Gasteiger partial charge is 0.249 e. The molecule has 2 aromatic carbocycles. The van der Waals surface area contributed by atoms with Gasteiger partial charge in [-0.05, 0) is 69.0 Å². The number of carbonyl (C=O) groups is 4. The summed E-state index contributed by atoms with van der Waals surface area (Å²) < 4.78 is 23.6. The number of rotatable bonds is 6. The van der Waals surface area contributed by atoms with Crippen molar-refractivity contribution in [3.63, 3.8) is 0 Å². The molecule has 6 rings (SSSR count). The summed E-state index contributed by atoms with van der Waals surface area (Å²) in [6, 6.07) is 10.9. The van der Waals surface area contributed by atoms with E-state index in [4.69, 9.17) is 23.9 Å². The topological polar surface area (TPSA) is 184 Å². The highest BCUT2D eigenvalue weighted by Crippen LogP contribution is 2.28. The van der Waals surface area contributed by atoms with E-state index in [0.717, 1.165) is 17.5 Å². The predicted octanol–water partition coefficient (Wildman–Crippen LogP) is 1.37. The van der Waals surface area contributed by atoms with E-state index >= 15 is 0 Å². The second-order valence-electron chi connectivity index (χ2n) is 12.8. The summed E-state index contributed by atoms with van der Waals surface area (Å²) in [5, 5.41) is 16.0. The Kier molecular flexibility index (Phi) is 11.6. The Balaban J connectivity index is 1.40. The van der Waals surface area contributed by atoms with Crippen molar-refractivity contribution in [3.05, 3.63) is 65.2 Å². The standard InChI is InChI=1S/C35H45N7O8/c1-21-31-39-29(19-23-10-13-26(47-4)28(18-23)48-5)41-42(31)20-30(43)36-14-16-49-24-11-8-22(9-12-24)17-25(38-33(45)27-7-6-15-50-27)32(44)40-35(2,3)34(46)37-21/h8-13,18,21,25,27H,6-7,14-17,19-20H2,1-5H3,(H,36,43)(H,37,46)(H,38,45)(H,40,44)/t21-,25+,27-/m1/s1. The quantitative estimate of drug-likeness (QED) is 0.295. The summed E-state index contributed by atoms with van der Waals surface area (Å²) in [6.45, 7) is 5.65. The van der Waals surface area contributed by atoms with Gasteiger partial charge in [0.1, 0.15) is 42.4 Å². The van der Waals surface area contributed by atoms with Crippen molar-refractivity contribution in [3.8, 4) is 17.2 Å². The van der Waals surface area contributed by atoms with Crippen LogP contribution >= 0.6 is 0 Å². The van der Waals surface area contributed by atoms with Crippen LogP contribution in [0.5, 0.6) is 17.2 Å². The maximum absolute atomic E-state index is 13.7. The van der Waals surface area contributed by atoms with E-state index < -0.39 is 35.5 Å². The molecule has 0 unspecified atom stereocenters. The van der Waals surface area contributed by atoms with Gasteiger partial charge in [-0.25, -0.2) is 9.67 Å². The number of hydrogen-bond donors (Lipinski definition) is 4. The summed E-state index contributed by atoms with van der Waals surface area (Å²) in [5.74, 6) is 0.749. The molecule has 0 radical (unpaired) electrons. The first-order chi connectivity index (χ1) is 23.9. The first kappa shape index (κ1) is 36.1. The third-order valence-electron chi connectivity index (χ3n) is 8.50. The summed E-state index contributed by atoms with van der Waals surface area (Å²) in [6.07, 6.45) is 1.18. The molecule has 3 aliphatic rings. The highest BCUT2D eigenvalue weighted by atomic mass is 16.5. The summed E-state index contributed by atoms with van der Waals surface area (Å²) in [5.41, 5.74) is 0.216. The number of hydrogen-bond acceptors (Lipinski definition) is 10. The number of nitrogens with zero attached hydrogens (tertiary/aromatic N) is 3. The number of amides is 4. The second kappa shape index (κ2) is 16.0. The normalized spacial score (nSPS) is 21.5. The monoisotopic (exact) mass is 691 g/mol. The van der Waals surface area contributed by atoms with Crippen molar-refractivity contribution in [2.24, 2.45) is 0 Å². The highest BCUT2D eigenvalue weighted by molar-refractivity contribution is 5.95. The van der Waals surface area contributed by atoms with Crippen molar-refractivity contribution >= 4 is 23.6 Å². The minimum atomic E-state index is -1.40. The van der Waals surface area contributed by atoms with Gasteiger partial charge in [-0.1, -0.05) is 18.2 Å². The molecule has 1 saturated heterocycles. The van der Waals surface area contributed by atoms with Crippen molar-refractivity contribution in [2.45, 2.75) is 76.7 Å². The van der Waals surface area contributed by atoms with Gasteiger partial charge >= 0.3 is 0 Å². The van der Waals surface area contributed by atoms with E-state index in [0.29, 0.717) is 48.3 Å². The molecule has 3 aromatic rings. The van der Waals surface area contributed by atoms with E-state index in [1.807, 2.05) is 12.1 Å². The number of methoxy groups -OCH3 is 2. The van der Waals surface area contributed by atoms with Crippen molar-refractivity contribution in [1.82, 2.24) is 36.0 Å². The first-order valence-corrected chi connectivity index (χ1v) is 16.6. The van der Waals surface area contributed by atoms with Crippen LogP contribution in [-0.2, 0) is 43.3 Å².